The smallest absolute Gasteiger partial charge is 0.203 e. The van der Waals surface area contributed by atoms with Crippen LogP contribution in [0.5, 0.6) is 17.2 Å². The Kier molecular flexibility index (Phi) is 5.59. The molecule has 1 aromatic carbocycles. The first-order chi connectivity index (χ1) is 8.22. The molecule has 0 aromatic heterocycles. The van der Waals surface area contributed by atoms with Gasteiger partial charge in [-0.1, -0.05) is 6.07 Å². The molecule has 5 heteroatoms. The highest BCUT2D eigenvalue weighted by molar-refractivity contribution is 5.50. The summed E-state index contributed by atoms with van der Waals surface area (Å²) in [5.41, 5.74) is 0. The lowest BCUT2D eigenvalue weighted by Gasteiger charge is -2.15. The van der Waals surface area contributed by atoms with Crippen molar-refractivity contribution >= 4 is 0 Å². The van der Waals surface area contributed by atoms with Crippen LogP contribution >= 0.6 is 0 Å². The molecule has 0 aliphatic carbocycles. The van der Waals surface area contributed by atoms with Crippen LogP contribution in [-0.2, 0) is 0 Å². The van der Waals surface area contributed by atoms with Crippen LogP contribution in [0.15, 0.2) is 18.2 Å². The molecule has 0 spiro atoms. The lowest BCUT2D eigenvalue weighted by atomic mass is 10.3. The predicted molar refractivity (Wildman–Crippen MR) is 65.0 cm³/mol. The van der Waals surface area contributed by atoms with Gasteiger partial charge in [-0.05, 0) is 19.2 Å². The maximum absolute atomic E-state index is 9.54. The standard InChI is InChI=1S/C12H19NO4/c1-13-7-9(14)8-17-11-6-4-5-10(15-2)12(11)16-3/h4-6,9,13-14H,7-8H2,1-3H3. The van der Waals surface area contributed by atoms with Crippen molar-refractivity contribution in [2.45, 2.75) is 6.10 Å². The largest absolute Gasteiger partial charge is 0.493 e. The summed E-state index contributed by atoms with van der Waals surface area (Å²) in [6.07, 6.45) is -0.559. The fraction of sp³-hybridized carbons (Fsp3) is 0.500. The summed E-state index contributed by atoms with van der Waals surface area (Å²) >= 11 is 0. The molecule has 0 amide bonds. The van der Waals surface area contributed by atoms with Crippen LogP contribution in [0.1, 0.15) is 0 Å². The Morgan fingerprint density at radius 3 is 2.53 bits per heavy atom. The van der Waals surface area contributed by atoms with Gasteiger partial charge in [0.05, 0.1) is 14.2 Å². The topological polar surface area (TPSA) is 60.0 Å². The minimum Gasteiger partial charge on any atom is -0.493 e. The molecule has 0 heterocycles. The monoisotopic (exact) mass is 241 g/mol. The maximum atomic E-state index is 9.54. The van der Waals surface area contributed by atoms with Crippen molar-refractivity contribution in [3.05, 3.63) is 18.2 Å². The minimum atomic E-state index is -0.559. The number of likely N-dealkylation sites (N-methyl/N-ethyl adjacent to an activating group) is 1. The Labute approximate surface area is 101 Å². The number of methoxy groups -OCH3 is 2. The van der Waals surface area contributed by atoms with Crippen LogP contribution in [-0.4, -0.2) is 45.6 Å². The van der Waals surface area contributed by atoms with Gasteiger partial charge in [0.1, 0.15) is 12.7 Å². The van der Waals surface area contributed by atoms with Crippen LogP contribution in [0.3, 0.4) is 0 Å². The number of hydrogen-bond donors (Lipinski definition) is 2. The molecule has 96 valence electrons. The molecule has 1 unspecified atom stereocenters. The van der Waals surface area contributed by atoms with Gasteiger partial charge in [-0.25, -0.2) is 0 Å². The van der Waals surface area contributed by atoms with E-state index in [0.29, 0.717) is 23.8 Å². The van der Waals surface area contributed by atoms with Crippen molar-refractivity contribution in [1.82, 2.24) is 5.32 Å². The zero-order valence-corrected chi connectivity index (χ0v) is 10.4. The Balaban J connectivity index is 2.70. The maximum Gasteiger partial charge on any atom is 0.203 e. The number of hydrogen-bond acceptors (Lipinski definition) is 5. The van der Waals surface area contributed by atoms with Crippen molar-refractivity contribution < 1.29 is 19.3 Å². The van der Waals surface area contributed by atoms with Crippen LogP contribution in [0.25, 0.3) is 0 Å². The number of aliphatic hydroxyl groups excluding tert-OH is 1. The van der Waals surface area contributed by atoms with Crippen LogP contribution in [0.2, 0.25) is 0 Å². The predicted octanol–water partition coefficient (Wildman–Crippen LogP) is 0.663. The first-order valence-electron chi connectivity index (χ1n) is 5.39. The highest BCUT2D eigenvalue weighted by Crippen LogP contribution is 2.36. The van der Waals surface area contributed by atoms with Crippen LogP contribution in [0.4, 0.5) is 0 Å². The molecule has 0 fully saturated rings. The minimum absolute atomic E-state index is 0.199. The van der Waals surface area contributed by atoms with Crippen molar-refractivity contribution in [2.75, 3.05) is 34.4 Å². The molecule has 17 heavy (non-hydrogen) atoms. The van der Waals surface area contributed by atoms with Gasteiger partial charge in [0.2, 0.25) is 5.75 Å². The lowest BCUT2D eigenvalue weighted by molar-refractivity contribution is 0.106. The van der Waals surface area contributed by atoms with Crippen molar-refractivity contribution in [3.8, 4) is 17.2 Å². The molecule has 1 atom stereocenters. The first kappa shape index (κ1) is 13.6. The van der Waals surface area contributed by atoms with Crippen molar-refractivity contribution in [1.29, 1.82) is 0 Å². The average molecular weight is 241 g/mol. The zero-order valence-electron chi connectivity index (χ0n) is 10.4. The molecule has 0 saturated carbocycles. The zero-order chi connectivity index (χ0) is 12.7. The highest BCUT2D eigenvalue weighted by Gasteiger charge is 2.12. The second kappa shape index (κ2) is 6.98. The summed E-state index contributed by atoms with van der Waals surface area (Å²) in [6, 6.07) is 5.37. The Hall–Kier alpha value is -1.46. The molecular formula is C12H19NO4. The third-order valence-electron chi connectivity index (χ3n) is 2.24. The molecule has 1 rings (SSSR count). The van der Waals surface area contributed by atoms with E-state index in [1.807, 2.05) is 0 Å². The van der Waals surface area contributed by atoms with E-state index in [9.17, 15) is 5.11 Å². The van der Waals surface area contributed by atoms with Gasteiger partial charge in [-0.15, -0.1) is 0 Å². The molecule has 1 aromatic rings. The number of ether oxygens (including phenoxy) is 3. The Bertz CT molecular complexity index is 343. The van der Waals surface area contributed by atoms with E-state index >= 15 is 0 Å². The molecule has 2 N–H and O–H groups in total. The summed E-state index contributed by atoms with van der Waals surface area (Å²) in [7, 11) is 4.89. The first-order valence-corrected chi connectivity index (χ1v) is 5.39. The summed E-state index contributed by atoms with van der Waals surface area (Å²) < 4.78 is 15.9. The summed E-state index contributed by atoms with van der Waals surface area (Å²) in [6.45, 7) is 0.677. The molecule has 0 radical (unpaired) electrons. The normalized spacial score (nSPS) is 12.0. The van der Waals surface area contributed by atoms with E-state index < -0.39 is 6.10 Å². The molecule has 5 nitrogen and oxygen atoms in total. The number of benzene rings is 1. The molecule has 0 saturated heterocycles. The number of aliphatic hydroxyl groups is 1. The van der Waals surface area contributed by atoms with Gasteiger partial charge >= 0.3 is 0 Å². The second-order valence-corrected chi connectivity index (χ2v) is 3.51. The fourth-order valence-electron chi connectivity index (χ4n) is 1.45. The number of para-hydroxylation sites is 1. The second-order valence-electron chi connectivity index (χ2n) is 3.51. The lowest BCUT2D eigenvalue weighted by Crippen LogP contribution is -2.29. The fourth-order valence-corrected chi connectivity index (χ4v) is 1.45. The van der Waals surface area contributed by atoms with E-state index in [1.54, 1.807) is 39.5 Å². The SMILES string of the molecule is CNCC(O)COc1cccc(OC)c1OC. The Morgan fingerprint density at radius 2 is 1.94 bits per heavy atom. The Morgan fingerprint density at radius 1 is 1.24 bits per heavy atom. The van der Waals surface area contributed by atoms with Crippen LogP contribution < -0.4 is 19.5 Å². The van der Waals surface area contributed by atoms with Crippen LogP contribution in [0, 0.1) is 0 Å². The number of nitrogens with one attached hydrogen (secondary N) is 1. The molecule has 0 aliphatic rings. The van der Waals surface area contributed by atoms with Gasteiger partial charge < -0.3 is 24.6 Å². The summed E-state index contributed by atoms with van der Waals surface area (Å²) in [5.74, 6) is 1.70. The van der Waals surface area contributed by atoms with Gasteiger partial charge in [0.25, 0.3) is 0 Å². The van der Waals surface area contributed by atoms with Crippen molar-refractivity contribution in [3.63, 3.8) is 0 Å². The third-order valence-corrected chi connectivity index (χ3v) is 2.24. The highest BCUT2D eigenvalue weighted by atomic mass is 16.5. The van der Waals surface area contributed by atoms with Gasteiger partial charge in [-0.2, -0.15) is 0 Å². The third kappa shape index (κ3) is 3.80. The van der Waals surface area contributed by atoms with E-state index in [4.69, 9.17) is 14.2 Å². The van der Waals surface area contributed by atoms with Gasteiger partial charge in [0, 0.05) is 6.54 Å². The molecule has 0 bridgehead atoms. The van der Waals surface area contributed by atoms with Gasteiger partial charge in [0.15, 0.2) is 11.5 Å². The molecule has 0 aliphatic heterocycles. The van der Waals surface area contributed by atoms with E-state index in [1.165, 1.54) is 0 Å². The summed E-state index contributed by atoms with van der Waals surface area (Å²) in [4.78, 5) is 0. The van der Waals surface area contributed by atoms with E-state index in [-0.39, 0.29) is 6.61 Å². The molecular weight excluding hydrogens is 222 g/mol. The van der Waals surface area contributed by atoms with Gasteiger partial charge in [-0.3, -0.25) is 0 Å². The average Bonchev–Trinajstić information content (AvgIpc) is 2.36. The number of rotatable bonds is 7. The van der Waals surface area contributed by atoms with E-state index in [2.05, 4.69) is 5.32 Å². The van der Waals surface area contributed by atoms with E-state index in [0.717, 1.165) is 0 Å². The van der Waals surface area contributed by atoms with Crippen molar-refractivity contribution in [2.24, 2.45) is 0 Å². The quantitative estimate of drug-likeness (QED) is 0.734. The summed E-state index contributed by atoms with van der Waals surface area (Å²) in [5, 5.41) is 12.4.